The molecule has 3 aromatic heterocycles. The first-order valence-corrected chi connectivity index (χ1v) is 16.9. The molecule has 6 rings (SSSR count). The standard InChI is InChI=1S/C31H26BrN3O6S3/c1-5-39-22-15-19(32)18(14-21(22)38-4)27-26(29(37)40-6-2)16(3)33-30-35(27)28(36)24(42-30)13-17-11-12-25(41-17)44-31-34-20-9-7-8-10-23(20)43-31/h7-15,27H,5-6H2,1-4H3/b24-13+/t27-/m1/s1. The summed E-state index contributed by atoms with van der Waals surface area (Å²) in [6, 6.07) is 14.4. The molecule has 2 aromatic carbocycles. The zero-order valence-electron chi connectivity index (χ0n) is 24.1. The number of furan rings is 1. The van der Waals surface area contributed by atoms with Gasteiger partial charge < -0.3 is 18.6 Å². The number of fused-ring (bicyclic) bond motifs is 2. The Hall–Kier alpha value is -3.65. The lowest BCUT2D eigenvalue weighted by molar-refractivity contribution is -0.139. The quantitative estimate of drug-likeness (QED) is 0.164. The number of hydrogen-bond donors (Lipinski definition) is 0. The Labute approximate surface area is 272 Å². The molecule has 0 radical (unpaired) electrons. The van der Waals surface area contributed by atoms with Crippen molar-refractivity contribution in [1.82, 2.24) is 9.55 Å². The molecule has 13 heteroatoms. The summed E-state index contributed by atoms with van der Waals surface area (Å²) < 4.78 is 27.4. The van der Waals surface area contributed by atoms with Crippen molar-refractivity contribution in [2.45, 2.75) is 36.2 Å². The van der Waals surface area contributed by atoms with Crippen molar-refractivity contribution in [1.29, 1.82) is 0 Å². The van der Waals surface area contributed by atoms with Crippen molar-refractivity contribution in [2.75, 3.05) is 20.3 Å². The summed E-state index contributed by atoms with van der Waals surface area (Å²) in [7, 11) is 1.54. The second kappa shape index (κ2) is 12.8. The molecule has 1 aliphatic rings. The summed E-state index contributed by atoms with van der Waals surface area (Å²) in [6.07, 6.45) is 1.69. The molecule has 0 aliphatic carbocycles. The molecule has 1 aliphatic heterocycles. The first-order valence-electron chi connectivity index (χ1n) is 13.6. The number of ether oxygens (including phenoxy) is 3. The van der Waals surface area contributed by atoms with Crippen molar-refractivity contribution in [3.8, 4) is 11.5 Å². The second-order valence-corrected chi connectivity index (χ2v) is 13.6. The molecule has 226 valence electrons. The minimum Gasteiger partial charge on any atom is -0.493 e. The van der Waals surface area contributed by atoms with Crippen molar-refractivity contribution in [3.63, 3.8) is 0 Å². The number of carbonyl (C=O) groups excluding carboxylic acids is 1. The second-order valence-electron chi connectivity index (χ2n) is 9.47. The van der Waals surface area contributed by atoms with Crippen LogP contribution in [0.4, 0.5) is 0 Å². The number of rotatable bonds is 9. The van der Waals surface area contributed by atoms with Gasteiger partial charge in [-0.3, -0.25) is 9.36 Å². The fourth-order valence-electron chi connectivity index (χ4n) is 4.85. The van der Waals surface area contributed by atoms with E-state index in [-0.39, 0.29) is 17.7 Å². The maximum Gasteiger partial charge on any atom is 0.338 e. The van der Waals surface area contributed by atoms with E-state index in [1.165, 1.54) is 27.7 Å². The lowest BCUT2D eigenvalue weighted by atomic mass is 9.95. The van der Waals surface area contributed by atoms with E-state index in [4.69, 9.17) is 18.6 Å². The Morgan fingerprint density at radius 3 is 2.70 bits per heavy atom. The molecule has 0 fully saturated rings. The van der Waals surface area contributed by atoms with Gasteiger partial charge in [0.05, 0.1) is 52.4 Å². The number of methoxy groups -OCH3 is 1. The molecule has 0 bridgehead atoms. The fourth-order valence-corrected chi connectivity index (χ4v) is 8.39. The number of thiazole rings is 2. The molecular weight excluding hydrogens is 686 g/mol. The van der Waals surface area contributed by atoms with Crippen LogP contribution in [0.2, 0.25) is 0 Å². The molecule has 9 nitrogen and oxygen atoms in total. The van der Waals surface area contributed by atoms with E-state index in [1.54, 1.807) is 50.5 Å². The minimum atomic E-state index is -0.826. The predicted molar refractivity (Wildman–Crippen MR) is 175 cm³/mol. The van der Waals surface area contributed by atoms with Crippen molar-refractivity contribution in [2.24, 2.45) is 4.99 Å². The van der Waals surface area contributed by atoms with Crippen LogP contribution >= 0.6 is 50.4 Å². The van der Waals surface area contributed by atoms with E-state index < -0.39 is 12.0 Å². The zero-order valence-corrected chi connectivity index (χ0v) is 28.1. The number of halogens is 1. The fraction of sp³-hybridized carbons (Fsp3) is 0.226. The highest BCUT2D eigenvalue weighted by atomic mass is 79.9. The van der Waals surface area contributed by atoms with Crippen LogP contribution in [0.1, 0.15) is 38.1 Å². The monoisotopic (exact) mass is 711 g/mol. The molecule has 5 aromatic rings. The molecule has 0 N–H and O–H groups in total. The highest BCUT2D eigenvalue weighted by molar-refractivity contribution is 9.10. The maximum absolute atomic E-state index is 14.0. The van der Waals surface area contributed by atoms with Crippen LogP contribution in [0.15, 0.2) is 87.9 Å². The van der Waals surface area contributed by atoms with Gasteiger partial charge in [-0.15, -0.1) is 11.3 Å². The first-order chi connectivity index (χ1) is 21.3. The number of aromatic nitrogens is 2. The number of esters is 1. The van der Waals surface area contributed by atoms with Gasteiger partial charge in [-0.1, -0.05) is 39.4 Å². The molecule has 0 saturated carbocycles. The van der Waals surface area contributed by atoms with Crippen LogP contribution in [0.5, 0.6) is 11.5 Å². The summed E-state index contributed by atoms with van der Waals surface area (Å²) in [4.78, 5) is 37.1. The van der Waals surface area contributed by atoms with Crippen LogP contribution in [-0.4, -0.2) is 35.8 Å². The van der Waals surface area contributed by atoms with E-state index in [0.29, 0.717) is 54.0 Å². The predicted octanol–water partition coefficient (Wildman–Crippen LogP) is 6.32. The molecule has 0 unspecified atom stereocenters. The van der Waals surface area contributed by atoms with Crippen molar-refractivity contribution in [3.05, 3.63) is 95.3 Å². The summed E-state index contributed by atoms with van der Waals surface area (Å²) in [5, 5.41) is 0.659. The minimum absolute atomic E-state index is 0.177. The van der Waals surface area contributed by atoms with Gasteiger partial charge in [0.25, 0.3) is 5.56 Å². The van der Waals surface area contributed by atoms with Gasteiger partial charge in [-0.2, -0.15) is 0 Å². The number of hydrogen-bond acceptors (Lipinski definition) is 11. The lowest BCUT2D eigenvalue weighted by Crippen LogP contribution is -2.40. The third-order valence-electron chi connectivity index (χ3n) is 6.73. The topological polar surface area (TPSA) is 105 Å². The Morgan fingerprint density at radius 2 is 1.95 bits per heavy atom. The molecular formula is C31H26BrN3O6S3. The van der Waals surface area contributed by atoms with Crippen LogP contribution in [0.3, 0.4) is 0 Å². The first kappa shape index (κ1) is 30.4. The molecule has 0 saturated heterocycles. The Kier molecular flexibility index (Phi) is 8.81. The number of benzene rings is 2. The van der Waals surface area contributed by atoms with Gasteiger partial charge in [0.1, 0.15) is 5.76 Å². The molecule has 44 heavy (non-hydrogen) atoms. The summed E-state index contributed by atoms with van der Waals surface area (Å²) >= 11 is 7.89. The maximum atomic E-state index is 14.0. The third kappa shape index (κ3) is 5.76. The van der Waals surface area contributed by atoms with Gasteiger partial charge in [-0.05, 0) is 74.5 Å². The van der Waals surface area contributed by atoms with Crippen LogP contribution in [0.25, 0.3) is 16.3 Å². The molecule has 1 atom stereocenters. The number of para-hydroxylation sites is 1. The van der Waals surface area contributed by atoms with Crippen LogP contribution in [0, 0.1) is 0 Å². The summed E-state index contributed by atoms with van der Waals surface area (Å²) in [5.41, 5.74) is 1.99. The largest absolute Gasteiger partial charge is 0.493 e. The summed E-state index contributed by atoms with van der Waals surface area (Å²) in [6.45, 7) is 5.98. The van der Waals surface area contributed by atoms with Crippen LogP contribution in [-0.2, 0) is 9.53 Å². The van der Waals surface area contributed by atoms with E-state index in [9.17, 15) is 9.59 Å². The van der Waals surface area contributed by atoms with Gasteiger partial charge in [0.2, 0.25) is 0 Å². The smallest absolute Gasteiger partial charge is 0.338 e. The van der Waals surface area contributed by atoms with Crippen molar-refractivity contribution < 1.29 is 23.4 Å². The zero-order chi connectivity index (χ0) is 31.0. The average molecular weight is 713 g/mol. The van der Waals surface area contributed by atoms with Crippen molar-refractivity contribution >= 4 is 72.6 Å². The van der Waals surface area contributed by atoms with E-state index in [1.807, 2.05) is 43.3 Å². The van der Waals surface area contributed by atoms with Gasteiger partial charge in [-0.25, -0.2) is 14.8 Å². The van der Waals surface area contributed by atoms with Gasteiger partial charge in [0, 0.05) is 10.5 Å². The number of carbonyl (C=O) groups is 1. The van der Waals surface area contributed by atoms with E-state index in [2.05, 4.69) is 25.9 Å². The summed E-state index contributed by atoms with van der Waals surface area (Å²) in [5.74, 6) is 0.976. The molecule has 4 heterocycles. The number of allylic oxidation sites excluding steroid dienone is 1. The highest BCUT2D eigenvalue weighted by Crippen LogP contribution is 2.41. The lowest BCUT2D eigenvalue weighted by Gasteiger charge is -2.26. The van der Waals surface area contributed by atoms with Gasteiger partial charge >= 0.3 is 5.97 Å². The number of nitrogens with zero attached hydrogens (tertiary/aromatic N) is 3. The Balaban J connectivity index is 1.43. The Morgan fingerprint density at radius 1 is 1.14 bits per heavy atom. The van der Waals surface area contributed by atoms with E-state index >= 15 is 0 Å². The molecule has 0 spiro atoms. The van der Waals surface area contributed by atoms with Gasteiger partial charge in [0.15, 0.2) is 25.7 Å². The Bertz CT molecular complexity index is 2080. The van der Waals surface area contributed by atoms with E-state index in [0.717, 1.165) is 14.6 Å². The van der Waals surface area contributed by atoms with Crippen LogP contribution < -0.4 is 24.4 Å². The third-order valence-corrected chi connectivity index (χ3v) is 10.4. The average Bonchev–Trinajstić information content (AvgIpc) is 3.70. The highest BCUT2D eigenvalue weighted by Gasteiger charge is 2.35. The normalized spacial score (nSPS) is 14.9. The SMILES string of the molecule is CCOC(=O)C1=C(C)N=c2s/c(=C/c3ccc(Sc4nc5ccccc5s4)o3)c(=O)n2[C@@H]1c1cc(OC)c(OCC)cc1Br. The molecule has 0 amide bonds.